The van der Waals surface area contributed by atoms with Gasteiger partial charge in [0.05, 0.1) is 5.75 Å². The van der Waals surface area contributed by atoms with Gasteiger partial charge in [-0.05, 0) is 43.2 Å². The van der Waals surface area contributed by atoms with Crippen molar-refractivity contribution < 1.29 is 23.0 Å². The van der Waals surface area contributed by atoms with Crippen molar-refractivity contribution >= 4 is 23.4 Å². The standard InChI is InChI=1S/C20H19F2NO3S/c21-15-6-5-14(11-16(15)22)27-12-19(24)23-13-4-7-17-18(10-13)26-20(25-17)8-2-1-3-9-20/h4-7,10-11H,1-3,8-9,12H2,(H,23,24). The van der Waals surface area contributed by atoms with Crippen LogP contribution in [0.25, 0.3) is 0 Å². The van der Waals surface area contributed by atoms with Gasteiger partial charge >= 0.3 is 0 Å². The molecule has 0 bridgehead atoms. The molecule has 142 valence electrons. The van der Waals surface area contributed by atoms with Crippen molar-refractivity contribution in [3.8, 4) is 11.5 Å². The van der Waals surface area contributed by atoms with Crippen LogP contribution in [0, 0.1) is 11.6 Å². The molecule has 1 aliphatic heterocycles. The molecule has 1 saturated carbocycles. The SMILES string of the molecule is O=C(CSc1ccc(F)c(F)c1)Nc1ccc2c(c1)OC1(CCCCC1)O2. The topological polar surface area (TPSA) is 47.6 Å². The maximum atomic E-state index is 13.2. The van der Waals surface area contributed by atoms with Crippen molar-refractivity contribution in [1.29, 1.82) is 0 Å². The summed E-state index contributed by atoms with van der Waals surface area (Å²) in [6.07, 6.45) is 5.10. The van der Waals surface area contributed by atoms with Gasteiger partial charge in [-0.15, -0.1) is 11.8 Å². The van der Waals surface area contributed by atoms with E-state index in [-0.39, 0.29) is 11.7 Å². The number of carbonyl (C=O) groups is 1. The van der Waals surface area contributed by atoms with Crippen molar-refractivity contribution in [1.82, 2.24) is 0 Å². The fourth-order valence-electron chi connectivity index (χ4n) is 3.38. The van der Waals surface area contributed by atoms with Crippen LogP contribution in [0.1, 0.15) is 32.1 Å². The van der Waals surface area contributed by atoms with Gasteiger partial charge in [0, 0.05) is 29.5 Å². The van der Waals surface area contributed by atoms with E-state index in [1.807, 2.05) is 0 Å². The predicted molar refractivity (Wildman–Crippen MR) is 99.2 cm³/mol. The molecule has 2 aromatic carbocycles. The summed E-state index contributed by atoms with van der Waals surface area (Å²) in [5, 5.41) is 2.80. The molecule has 1 amide bonds. The van der Waals surface area contributed by atoms with Gasteiger partial charge < -0.3 is 14.8 Å². The summed E-state index contributed by atoms with van der Waals surface area (Å²) in [5.41, 5.74) is 0.612. The Labute approximate surface area is 160 Å². The van der Waals surface area contributed by atoms with Crippen LogP contribution in [0.5, 0.6) is 11.5 Å². The zero-order chi connectivity index (χ0) is 18.9. The fraction of sp³-hybridized carbons (Fsp3) is 0.350. The molecule has 1 aliphatic carbocycles. The highest BCUT2D eigenvalue weighted by Crippen LogP contribution is 2.46. The average Bonchev–Trinajstić information content (AvgIpc) is 3.00. The number of ether oxygens (including phenoxy) is 2. The molecule has 4 rings (SSSR count). The number of nitrogens with one attached hydrogen (secondary N) is 1. The molecule has 0 radical (unpaired) electrons. The minimum atomic E-state index is -0.923. The van der Waals surface area contributed by atoms with Crippen molar-refractivity contribution in [3.05, 3.63) is 48.0 Å². The maximum absolute atomic E-state index is 13.2. The van der Waals surface area contributed by atoms with Gasteiger partial charge in [-0.2, -0.15) is 0 Å². The van der Waals surface area contributed by atoms with Crippen molar-refractivity contribution in [2.45, 2.75) is 42.8 Å². The van der Waals surface area contributed by atoms with Crippen LogP contribution in [-0.4, -0.2) is 17.4 Å². The third-order valence-corrected chi connectivity index (χ3v) is 5.69. The number of carbonyl (C=O) groups excluding carboxylic acids is 1. The smallest absolute Gasteiger partial charge is 0.251 e. The predicted octanol–water partition coefficient (Wildman–Crippen LogP) is 5.13. The highest BCUT2D eigenvalue weighted by molar-refractivity contribution is 8.00. The van der Waals surface area contributed by atoms with Crippen LogP contribution < -0.4 is 14.8 Å². The van der Waals surface area contributed by atoms with Crippen LogP contribution in [0.4, 0.5) is 14.5 Å². The summed E-state index contributed by atoms with van der Waals surface area (Å²) < 4.78 is 38.2. The molecule has 0 unspecified atom stereocenters. The zero-order valence-corrected chi connectivity index (χ0v) is 15.4. The van der Waals surface area contributed by atoms with Crippen molar-refractivity contribution in [2.24, 2.45) is 0 Å². The number of halogens is 2. The van der Waals surface area contributed by atoms with Crippen LogP contribution in [0.2, 0.25) is 0 Å². The number of anilines is 1. The largest absolute Gasteiger partial charge is 0.448 e. The molecular formula is C20H19F2NO3S. The van der Waals surface area contributed by atoms with E-state index in [1.54, 1.807) is 18.2 Å². The van der Waals surface area contributed by atoms with E-state index in [1.165, 1.54) is 12.5 Å². The molecule has 1 heterocycles. The Morgan fingerprint density at radius 3 is 2.56 bits per heavy atom. The lowest BCUT2D eigenvalue weighted by Gasteiger charge is -2.31. The van der Waals surface area contributed by atoms with Crippen LogP contribution >= 0.6 is 11.8 Å². The Morgan fingerprint density at radius 1 is 1.00 bits per heavy atom. The summed E-state index contributed by atoms with van der Waals surface area (Å²) in [4.78, 5) is 12.7. The average molecular weight is 391 g/mol. The van der Waals surface area contributed by atoms with E-state index >= 15 is 0 Å². The van der Waals surface area contributed by atoms with Gasteiger partial charge in [0.15, 0.2) is 23.1 Å². The first-order valence-electron chi connectivity index (χ1n) is 8.93. The first kappa shape index (κ1) is 18.1. The summed E-state index contributed by atoms with van der Waals surface area (Å²) in [5.74, 6) is -1.19. The number of amides is 1. The summed E-state index contributed by atoms with van der Waals surface area (Å²) in [6.45, 7) is 0. The summed E-state index contributed by atoms with van der Waals surface area (Å²) in [7, 11) is 0. The van der Waals surface area contributed by atoms with E-state index in [9.17, 15) is 13.6 Å². The number of hydrogen-bond acceptors (Lipinski definition) is 4. The van der Waals surface area contributed by atoms with Crippen LogP contribution in [-0.2, 0) is 4.79 Å². The summed E-state index contributed by atoms with van der Waals surface area (Å²) in [6, 6.07) is 8.91. The van der Waals surface area contributed by atoms with Crippen molar-refractivity contribution in [2.75, 3.05) is 11.1 Å². The second-order valence-electron chi connectivity index (χ2n) is 6.75. The lowest BCUT2D eigenvalue weighted by Crippen LogP contribution is -2.40. The highest BCUT2D eigenvalue weighted by atomic mass is 32.2. The Hall–Kier alpha value is -2.28. The van der Waals surface area contributed by atoms with E-state index < -0.39 is 17.4 Å². The molecule has 1 N–H and O–H groups in total. The zero-order valence-electron chi connectivity index (χ0n) is 14.6. The van der Waals surface area contributed by atoms with Gasteiger partial charge in [0.2, 0.25) is 5.91 Å². The Morgan fingerprint density at radius 2 is 1.78 bits per heavy atom. The molecule has 0 aromatic heterocycles. The van der Waals surface area contributed by atoms with E-state index in [2.05, 4.69) is 5.32 Å². The lowest BCUT2D eigenvalue weighted by molar-refractivity contribution is -0.113. The maximum Gasteiger partial charge on any atom is 0.251 e. The van der Waals surface area contributed by atoms with Gasteiger partial charge in [0.1, 0.15) is 0 Å². The van der Waals surface area contributed by atoms with Gasteiger partial charge in [-0.3, -0.25) is 4.79 Å². The molecule has 27 heavy (non-hydrogen) atoms. The quantitative estimate of drug-likeness (QED) is 0.735. The second kappa shape index (κ2) is 7.38. The molecule has 4 nitrogen and oxygen atoms in total. The number of benzene rings is 2. The first-order chi connectivity index (χ1) is 13.0. The number of thioether (sulfide) groups is 1. The number of rotatable bonds is 4. The van der Waals surface area contributed by atoms with E-state index in [4.69, 9.17) is 9.47 Å². The third kappa shape index (κ3) is 4.03. The molecule has 1 spiro atoms. The Balaban J connectivity index is 1.35. The minimum Gasteiger partial charge on any atom is -0.448 e. The van der Waals surface area contributed by atoms with Crippen LogP contribution in [0.15, 0.2) is 41.3 Å². The lowest BCUT2D eigenvalue weighted by atomic mass is 9.94. The molecular weight excluding hydrogens is 372 g/mol. The number of fused-ring (bicyclic) bond motifs is 1. The van der Waals surface area contributed by atoms with Crippen LogP contribution in [0.3, 0.4) is 0 Å². The summed E-state index contributed by atoms with van der Waals surface area (Å²) >= 11 is 1.14. The van der Waals surface area contributed by atoms with Gasteiger partial charge in [-0.25, -0.2) is 8.78 Å². The highest BCUT2D eigenvalue weighted by Gasteiger charge is 2.42. The Kier molecular flexibility index (Phi) is 4.95. The molecule has 2 aromatic rings. The van der Waals surface area contributed by atoms with E-state index in [0.29, 0.717) is 22.1 Å². The fourth-order valence-corrected chi connectivity index (χ4v) is 4.10. The number of hydrogen-bond donors (Lipinski definition) is 1. The van der Waals surface area contributed by atoms with Gasteiger partial charge in [-0.1, -0.05) is 6.42 Å². The molecule has 0 saturated heterocycles. The van der Waals surface area contributed by atoms with Gasteiger partial charge in [0.25, 0.3) is 5.79 Å². The molecule has 0 atom stereocenters. The van der Waals surface area contributed by atoms with Crippen molar-refractivity contribution in [3.63, 3.8) is 0 Å². The molecule has 1 fully saturated rings. The molecule has 7 heteroatoms. The first-order valence-corrected chi connectivity index (χ1v) is 9.91. The Bertz CT molecular complexity index is 868. The monoisotopic (exact) mass is 391 g/mol. The normalized spacial score (nSPS) is 17.1. The van der Waals surface area contributed by atoms with E-state index in [0.717, 1.165) is 49.6 Å². The second-order valence-corrected chi connectivity index (χ2v) is 7.80. The minimum absolute atomic E-state index is 0.0868. The third-order valence-electron chi connectivity index (χ3n) is 4.70. The molecule has 2 aliphatic rings.